The number of hydrogen-bond acceptors (Lipinski definition) is 5. The Bertz CT molecular complexity index is 446. The number of aliphatic hydroxyl groups excluding tert-OH is 1. The van der Waals surface area contributed by atoms with Crippen LogP contribution >= 0.6 is 11.5 Å². The van der Waals surface area contributed by atoms with Gasteiger partial charge in [0, 0.05) is 18.5 Å². The van der Waals surface area contributed by atoms with E-state index >= 15 is 0 Å². The highest BCUT2D eigenvalue weighted by Crippen LogP contribution is 2.34. The minimum atomic E-state index is -0.00386. The summed E-state index contributed by atoms with van der Waals surface area (Å²) < 4.78 is 4.10. The van der Waals surface area contributed by atoms with Crippen LogP contribution in [0.5, 0.6) is 0 Å². The lowest BCUT2D eigenvalue weighted by atomic mass is 9.78. The molecule has 0 spiro atoms. The van der Waals surface area contributed by atoms with Crippen LogP contribution in [-0.4, -0.2) is 39.3 Å². The van der Waals surface area contributed by atoms with Gasteiger partial charge in [0.2, 0.25) is 0 Å². The van der Waals surface area contributed by atoms with E-state index in [0.717, 1.165) is 44.6 Å². The topological polar surface area (TPSA) is 49.2 Å². The zero-order valence-corrected chi connectivity index (χ0v) is 13.3. The van der Waals surface area contributed by atoms with E-state index < -0.39 is 0 Å². The second kappa shape index (κ2) is 6.78. The van der Waals surface area contributed by atoms with Crippen LogP contribution in [0.1, 0.15) is 49.6 Å². The Morgan fingerprint density at radius 1 is 1.55 bits per heavy atom. The smallest absolute Gasteiger partial charge is 0.0826 e. The van der Waals surface area contributed by atoms with Crippen LogP contribution in [0.15, 0.2) is 12.7 Å². The Kier molecular flexibility index (Phi) is 5.29. The van der Waals surface area contributed by atoms with Crippen molar-refractivity contribution >= 4 is 11.5 Å². The molecule has 0 bridgehead atoms. The average molecular weight is 295 g/mol. The predicted molar refractivity (Wildman–Crippen MR) is 82.8 cm³/mol. The van der Waals surface area contributed by atoms with Crippen molar-refractivity contribution in [3.8, 4) is 0 Å². The summed E-state index contributed by atoms with van der Waals surface area (Å²) in [6, 6.07) is 0. The summed E-state index contributed by atoms with van der Waals surface area (Å²) in [6.45, 7) is 11.3. The summed E-state index contributed by atoms with van der Waals surface area (Å²) in [5, 5.41) is 14.0. The quantitative estimate of drug-likeness (QED) is 0.820. The summed E-state index contributed by atoms with van der Waals surface area (Å²) >= 11 is 1.51. The molecule has 112 valence electrons. The van der Waals surface area contributed by atoms with Gasteiger partial charge in [0.05, 0.1) is 17.2 Å². The highest BCUT2D eigenvalue weighted by Gasteiger charge is 2.34. The molecule has 0 saturated carbocycles. The third kappa shape index (κ3) is 3.45. The molecule has 1 aromatic rings. The Balaban J connectivity index is 2.05. The molecule has 1 atom stereocenters. The number of hydrogen-bond donors (Lipinski definition) is 1. The number of aliphatic hydroxyl groups is 1. The van der Waals surface area contributed by atoms with E-state index in [0.29, 0.717) is 5.92 Å². The molecule has 0 amide bonds. The van der Waals surface area contributed by atoms with Crippen LogP contribution in [0.3, 0.4) is 0 Å². The van der Waals surface area contributed by atoms with Crippen molar-refractivity contribution in [3.63, 3.8) is 0 Å². The van der Waals surface area contributed by atoms with E-state index in [4.69, 9.17) is 0 Å². The predicted octanol–water partition coefficient (Wildman–Crippen LogP) is 2.81. The molecule has 1 N–H and O–H groups in total. The van der Waals surface area contributed by atoms with Gasteiger partial charge in [0.25, 0.3) is 0 Å². The van der Waals surface area contributed by atoms with Gasteiger partial charge in [0.1, 0.15) is 0 Å². The fraction of sp³-hybridized carbons (Fsp3) is 0.733. The summed E-state index contributed by atoms with van der Waals surface area (Å²) in [5.41, 5.74) is 1.12. The van der Waals surface area contributed by atoms with Gasteiger partial charge < -0.3 is 5.11 Å². The number of likely N-dealkylation sites (tertiary alicyclic amines) is 1. The normalized spacial score (nSPS) is 24.2. The van der Waals surface area contributed by atoms with E-state index in [1.807, 2.05) is 6.08 Å². The van der Waals surface area contributed by atoms with E-state index in [1.165, 1.54) is 16.4 Å². The minimum absolute atomic E-state index is 0.00386. The van der Waals surface area contributed by atoms with Crippen molar-refractivity contribution in [1.82, 2.24) is 14.5 Å². The van der Waals surface area contributed by atoms with Gasteiger partial charge in [-0.05, 0) is 43.3 Å². The lowest BCUT2D eigenvalue weighted by molar-refractivity contribution is 0.0312. The number of rotatable bonds is 6. The fourth-order valence-corrected chi connectivity index (χ4v) is 3.92. The number of allylic oxidation sites excluding steroid dienone is 1. The molecule has 1 aliphatic heterocycles. The Morgan fingerprint density at radius 3 is 3.00 bits per heavy atom. The summed E-state index contributed by atoms with van der Waals surface area (Å²) in [5.74, 6) is 0.421. The first kappa shape index (κ1) is 15.6. The maximum absolute atomic E-state index is 9.76. The molecule has 2 heterocycles. The molecular weight excluding hydrogens is 270 g/mol. The van der Waals surface area contributed by atoms with Crippen LogP contribution < -0.4 is 0 Å². The first-order valence-corrected chi connectivity index (χ1v) is 8.13. The standard InChI is InChI=1S/C15H25N3OS/c1-4-6-15(11-19)7-5-8-18(10-15)9-13-14(12(2)3)16-17-20-13/h4,12,19H,1,5-11H2,2-3H3. The van der Waals surface area contributed by atoms with Crippen molar-refractivity contribution in [1.29, 1.82) is 0 Å². The highest BCUT2D eigenvalue weighted by molar-refractivity contribution is 7.05. The number of piperidine rings is 1. The lowest BCUT2D eigenvalue weighted by Crippen LogP contribution is -2.44. The van der Waals surface area contributed by atoms with Crippen LogP contribution in [-0.2, 0) is 6.54 Å². The lowest BCUT2D eigenvalue weighted by Gasteiger charge is -2.41. The second-order valence-corrected chi connectivity index (χ2v) is 7.04. The Morgan fingerprint density at radius 2 is 2.35 bits per heavy atom. The molecule has 0 radical (unpaired) electrons. The van der Waals surface area contributed by atoms with Crippen LogP contribution in [0.2, 0.25) is 0 Å². The summed E-state index contributed by atoms with van der Waals surface area (Å²) in [7, 11) is 0. The van der Waals surface area contributed by atoms with Crippen molar-refractivity contribution < 1.29 is 5.11 Å². The molecule has 2 rings (SSSR count). The maximum atomic E-state index is 9.76. The Hall–Kier alpha value is -0.780. The third-order valence-electron chi connectivity index (χ3n) is 4.15. The molecule has 20 heavy (non-hydrogen) atoms. The number of aromatic nitrogens is 2. The van der Waals surface area contributed by atoms with E-state index in [9.17, 15) is 5.11 Å². The molecule has 4 nitrogen and oxygen atoms in total. The van der Waals surface area contributed by atoms with Crippen LogP contribution in [0.4, 0.5) is 0 Å². The number of nitrogens with zero attached hydrogens (tertiary/aromatic N) is 3. The van der Waals surface area contributed by atoms with Gasteiger partial charge in [-0.1, -0.05) is 24.4 Å². The zero-order valence-electron chi connectivity index (χ0n) is 12.5. The third-order valence-corrected chi connectivity index (χ3v) is 4.87. The molecule has 5 heteroatoms. The average Bonchev–Trinajstić information content (AvgIpc) is 2.88. The van der Waals surface area contributed by atoms with Crippen molar-refractivity contribution in [2.24, 2.45) is 5.41 Å². The monoisotopic (exact) mass is 295 g/mol. The molecule has 1 fully saturated rings. The van der Waals surface area contributed by atoms with Gasteiger partial charge in [-0.25, -0.2) is 0 Å². The molecule has 0 aliphatic carbocycles. The van der Waals surface area contributed by atoms with E-state index in [2.05, 4.69) is 34.9 Å². The van der Waals surface area contributed by atoms with Crippen LogP contribution in [0.25, 0.3) is 0 Å². The SMILES string of the molecule is C=CCC1(CO)CCCN(Cc2snnc2C(C)C)C1. The molecule has 0 aromatic carbocycles. The second-order valence-electron chi connectivity index (χ2n) is 6.20. The van der Waals surface area contributed by atoms with Gasteiger partial charge in [-0.2, -0.15) is 0 Å². The van der Waals surface area contributed by atoms with Crippen molar-refractivity contribution in [2.45, 2.75) is 45.6 Å². The molecule has 1 saturated heterocycles. The molecular formula is C15H25N3OS. The molecule has 1 aliphatic rings. The van der Waals surface area contributed by atoms with E-state index in [-0.39, 0.29) is 12.0 Å². The largest absolute Gasteiger partial charge is 0.396 e. The first-order valence-electron chi connectivity index (χ1n) is 7.35. The maximum Gasteiger partial charge on any atom is 0.0826 e. The van der Waals surface area contributed by atoms with Gasteiger partial charge in [-0.3, -0.25) is 4.90 Å². The highest BCUT2D eigenvalue weighted by atomic mass is 32.1. The van der Waals surface area contributed by atoms with Crippen LogP contribution in [0, 0.1) is 5.41 Å². The summed E-state index contributed by atoms with van der Waals surface area (Å²) in [6.07, 6.45) is 5.05. The van der Waals surface area contributed by atoms with E-state index in [1.54, 1.807) is 0 Å². The first-order chi connectivity index (χ1) is 9.60. The van der Waals surface area contributed by atoms with Gasteiger partial charge in [-0.15, -0.1) is 11.7 Å². The van der Waals surface area contributed by atoms with Gasteiger partial charge >= 0.3 is 0 Å². The van der Waals surface area contributed by atoms with Crippen molar-refractivity contribution in [2.75, 3.05) is 19.7 Å². The Labute approximate surface area is 125 Å². The zero-order chi connectivity index (χ0) is 14.6. The fourth-order valence-electron chi connectivity index (χ4n) is 3.08. The minimum Gasteiger partial charge on any atom is -0.396 e. The summed E-state index contributed by atoms with van der Waals surface area (Å²) in [4.78, 5) is 3.71. The molecule has 1 unspecified atom stereocenters. The van der Waals surface area contributed by atoms with Crippen molar-refractivity contribution in [3.05, 3.63) is 23.2 Å². The van der Waals surface area contributed by atoms with Gasteiger partial charge in [0.15, 0.2) is 0 Å². The molecule has 1 aromatic heterocycles.